The molecule has 0 radical (unpaired) electrons. The molecule has 1 aromatic rings. The van der Waals surface area contributed by atoms with Crippen LogP contribution in [0.25, 0.3) is 0 Å². The second-order valence-corrected chi connectivity index (χ2v) is 4.37. The van der Waals surface area contributed by atoms with Crippen LogP contribution in [-0.2, 0) is 4.79 Å². The second-order valence-electron chi connectivity index (χ2n) is 4.37. The fourth-order valence-electron chi connectivity index (χ4n) is 2.04. The molecule has 0 bridgehead atoms. The van der Waals surface area contributed by atoms with Gasteiger partial charge in [-0.05, 0) is 18.9 Å². The van der Waals surface area contributed by atoms with E-state index in [1.54, 1.807) is 4.90 Å². The van der Waals surface area contributed by atoms with Crippen LogP contribution in [0.2, 0.25) is 0 Å². The first-order chi connectivity index (χ1) is 9.09. The fourth-order valence-corrected chi connectivity index (χ4v) is 2.04. The van der Waals surface area contributed by atoms with Gasteiger partial charge < -0.3 is 21.1 Å². The Morgan fingerprint density at radius 3 is 2.74 bits per heavy atom. The van der Waals surface area contributed by atoms with E-state index in [2.05, 4.69) is 10.3 Å². The molecule has 1 aliphatic heterocycles. The van der Waals surface area contributed by atoms with Crippen molar-refractivity contribution in [3.63, 3.8) is 0 Å². The van der Waals surface area contributed by atoms with Gasteiger partial charge in [0.2, 0.25) is 5.91 Å². The lowest BCUT2D eigenvalue weighted by atomic mass is 10.2. The Bertz CT molecular complexity index is 498. The molecular weight excluding hydrogens is 248 g/mol. The van der Waals surface area contributed by atoms with E-state index < -0.39 is 5.97 Å². The van der Waals surface area contributed by atoms with Crippen LogP contribution in [0.5, 0.6) is 0 Å². The van der Waals surface area contributed by atoms with Crippen LogP contribution in [0.4, 0.5) is 11.5 Å². The van der Waals surface area contributed by atoms with Gasteiger partial charge >= 0.3 is 5.97 Å². The summed E-state index contributed by atoms with van der Waals surface area (Å²) < 4.78 is 0. The van der Waals surface area contributed by atoms with E-state index in [4.69, 9.17) is 10.8 Å². The Labute approximate surface area is 110 Å². The maximum atomic E-state index is 11.8. The molecule has 0 spiro atoms. The summed E-state index contributed by atoms with van der Waals surface area (Å²) in [6.45, 7) is 1.62. The van der Waals surface area contributed by atoms with Crippen LogP contribution in [0.1, 0.15) is 23.2 Å². The maximum absolute atomic E-state index is 11.8. The summed E-state index contributed by atoms with van der Waals surface area (Å²) >= 11 is 0. The van der Waals surface area contributed by atoms with Crippen molar-refractivity contribution in [3.8, 4) is 0 Å². The quantitative estimate of drug-likeness (QED) is 0.726. The van der Waals surface area contributed by atoms with Crippen molar-refractivity contribution in [1.29, 1.82) is 0 Å². The summed E-state index contributed by atoms with van der Waals surface area (Å²) in [6.07, 6.45) is 3.41. The average molecular weight is 264 g/mol. The number of nitrogens with two attached hydrogens (primary N) is 1. The predicted octanol–water partition coefficient (Wildman–Crippen LogP) is 0.396. The van der Waals surface area contributed by atoms with Gasteiger partial charge in [0.1, 0.15) is 5.82 Å². The molecule has 7 nitrogen and oxygen atoms in total. The van der Waals surface area contributed by atoms with Crippen LogP contribution in [-0.4, -0.2) is 46.5 Å². The highest BCUT2D eigenvalue weighted by Crippen LogP contribution is 2.19. The monoisotopic (exact) mass is 264 g/mol. The number of pyridine rings is 1. The van der Waals surface area contributed by atoms with Gasteiger partial charge in [-0.15, -0.1) is 0 Å². The third-order valence-electron chi connectivity index (χ3n) is 3.09. The number of aromatic nitrogens is 1. The molecule has 1 aromatic heterocycles. The van der Waals surface area contributed by atoms with E-state index in [1.807, 2.05) is 0 Å². The number of carbonyl (C=O) groups is 2. The van der Waals surface area contributed by atoms with Crippen molar-refractivity contribution in [2.75, 3.05) is 30.7 Å². The van der Waals surface area contributed by atoms with Crippen LogP contribution >= 0.6 is 0 Å². The maximum Gasteiger partial charge on any atom is 0.337 e. The van der Waals surface area contributed by atoms with Gasteiger partial charge in [0.25, 0.3) is 0 Å². The first kappa shape index (κ1) is 13.1. The highest BCUT2D eigenvalue weighted by Gasteiger charge is 2.18. The number of aromatic carboxylic acids is 1. The molecule has 19 heavy (non-hydrogen) atoms. The number of carboxylic acids is 1. The largest absolute Gasteiger partial charge is 0.478 e. The molecule has 4 N–H and O–H groups in total. The Kier molecular flexibility index (Phi) is 3.84. The molecule has 0 unspecified atom stereocenters. The zero-order chi connectivity index (χ0) is 13.8. The molecule has 2 heterocycles. The topological polar surface area (TPSA) is 109 Å². The lowest BCUT2D eigenvalue weighted by molar-refractivity contribution is -0.128. The van der Waals surface area contributed by atoms with Crippen molar-refractivity contribution in [1.82, 2.24) is 9.88 Å². The lowest BCUT2D eigenvalue weighted by Crippen LogP contribution is -2.33. The molecular formula is C12H16N4O3. The fraction of sp³-hybridized carbons (Fsp3) is 0.417. The smallest absolute Gasteiger partial charge is 0.337 e. The third-order valence-corrected chi connectivity index (χ3v) is 3.09. The van der Waals surface area contributed by atoms with Gasteiger partial charge in [-0.3, -0.25) is 4.79 Å². The molecule has 2 rings (SSSR count). The summed E-state index contributed by atoms with van der Waals surface area (Å²) in [5.41, 5.74) is 5.72. The molecule has 1 aliphatic rings. The minimum absolute atomic E-state index is 0.0221. The number of carbonyl (C=O) groups excluding carboxylic acids is 1. The molecule has 0 aromatic carbocycles. The van der Waals surface area contributed by atoms with Crippen molar-refractivity contribution in [2.24, 2.45) is 0 Å². The van der Waals surface area contributed by atoms with Crippen LogP contribution in [0.3, 0.4) is 0 Å². The number of anilines is 2. The Hall–Kier alpha value is -2.31. The Balaban J connectivity index is 2.01. The molecule has 0 saturated carbocycles. The standard InChI is InChI=1S/C12H16N4O3/c13-10-8(12(18)19)3-4-14-11(10)15-7-9(17)16-5-1-2-6-16/h3-4H,1-2,5-7,13H2,(H,14,15)(H,18,19). The highest BCUT2D eigenvalue weighted by atomic mass is 16.4. The normalized spacial score (nSPS) is 14.4. The van der Waals surface area contributed by atoms with E-state index in [-0.39, 0.29) is 29.5 Å². The first-order valence-corrected chi connectivity index (χ1v) is 6.09. The van der Waals surface area contributed by atoms with Gasteiger partial charge in [-0.25, -0.2) is 9.78 Å². The minimum Gasteiger partial charge on any atom is -0.478 e. The van der Waals surface area contributed by atoms with Crippen LogP contribution in [0.15, 0.2) is 12.3 Å². The first-order valence-electron chi connectivity index (χ1n) is 6.09. The van der Waals surface area contributed by atoms with Gasteiger partial charge in [-0.1, -0.05) is 0 Å². The number of hydrogen-bond acceptors (Lipinski definition) is 5. The Morgan fingerprint density at radius 2 is 2.11 bits per heavy atom. The molecule has 1 saturated heterocycles. The van der Waals surface area contributed by atoms with Crippen LogP contribution in [0, 0.1) is 0 Å². The molecule has 1 amide bonds. The van der Waals surface area contributed by atoms with Crippen molar-refractivity contribution in [2.45, 2.75) is 12.8 Å². The summed E-state index contributed by atoms with van der Waals surface area (Å²) in [5, 5.41) is 11.7. The number of carboxylic acid groups (broad SMARTS) is 1. The number of rotatable bonds is 4. The summed E-state index contributed by atoms with van der Waals surface area (Å²) in [7, 11) is 0. The zero-order valence-electron chi connectivity index (χ0n) is 10.4. The molecule has 0 atom stereocenters. The van der Waals surface area contributed by atoms with Crippen molar-refractivity contribution < 1.29 is 14.7 Å². The number of nitrogen functional groups attached to an aromatic ring is 1. The number of amides is 1. The summed E-state index contributed by atoms with van der Waals surface area (Å²) in [6, 6.07) is 1.32. The molecule has 0 aliphatic carbocycles. The molecule has 1 fully saturated rings. The zero-order valence-corrected chi connectivity index (χ0v) is 10.4. The highest BCUT2D eigenvalue weighted by molar-refractivity contribution is 5.96. The minimum atomic E-state index is -1.12. The van der Waals surface area contributed by atoms with Crippen LogP contribution < -0.4 is 11.1 Å². The van der Waals surface area contributed by atoms with Gasteiger partial charge in [0.05, 0.1) is 17.8 Å². The number of nitrogens with zero attached hydrogens (tertiary/aromatic N) is 2. The lowest BCUT2D eigenvalue weighted by Gasteiger charge is -2.16. The average Bonchev–Trinajstić information content (AvgIpc) is 2.90. The van der Waals surface area contributed by atoms with Crippen molar-refractivity contribution >= 4 is 23.4 Å². The number of nitrogens with one attached hydrogen (secondary N) is 1. The summed E-state index contributed by atoms with van der Waals surface area (Å²) in [5.74, 6) is -0.916. The van der Waals surface area contributed by atoms with Gasteiger partial charge in [-0.2, -0.15) is 0 Å². The third kappa shape index (κ3) is 2.93. The second kappa shape index (κ2) is 5.55. The Morgan fingerprint density at radius 1 is 1.42 bits per heavy atom. The summed E-state index contributed by atoms with van der Waals surface area (Å²) in [4.78, 5) is 28.5. The SMILES string of the molecule is Nc1c(C(=O)O)ccnc1NCC(=O)N1CCCC1. The predicted molar refractivity (Wildman–Crippen MR) is 69.9 cm³/mol. The van der Waals surface area contributed by atoms with E-state index in [0.717, 1.165) is 25.9 Å². The van der Waals surface area contributed by atoms with E-state index >= 15 is 0 Å². The van der Waals surface area contributed by atoms with Gasteiger partial charge in [0.15, 0.2) is 0 Å². The molecule has 102 valence electrons. The van der Waals surface area contributed by atoms with E-state index in [9.17, 15) is 9.59 Å². The van der Waals surface area contributed by atoms with E-state index in [1.165, 1.54) is 12.3 Å². The van der Waals surface area contributed by atoms with E-state index in [0.29, 0.717) is 0 Å². The number of likely N-dealkylation sites (tertiary alicyclic amines) is 1. The molecule has 7 heteroatoms. The number of hydrogen-bond donors (Lipinski definition) is 3. The van der Waals surface area contributed by atoms with Crippen molar-refractivity contribution in [3.05, 3.63) is 17.8 Å². The van der Waals surface area contributed by atoms with Gasteiger partial charge in [0, 0.05) is 19.3 Å².